The van der Waals surface area contributed by atoms with E-state index in [0.29, 0.717) is 5.70 Å². The molecule has 0 unspecified atom stereocenters. The van der Waals surface area contributed by atoms with E-state index in [2.05, 4.69) is 10.0 Å². The molecule has 0 saturated carbocycles. The van der Waals surface area contributed by atoms with Crippen LogP contribution in [0.5, 0.6) is 0 Å². The number of azide groups is 1. The summed E-state index contributed by atoms with van der Waals surface area (Å²) in [5, 5.41) is 3.74. The lowest BCUT2D eigenvalue weighted by Gasteiger charge is -2.10. The highest BCUT2D eigenvalue weighted by molar-refractivity contribution is 5.81. The molecule has 0 amide bonds. The predicted molar refractivity (Wildman–Crippen MR) is 73.7 cm³/mol. The minimum atomic E-state index is 0.676. The maximum atomic E-state index is 8.60. The van der Waals surface area contributed by atoms with E-state index in [9.17, 15) is 0 Å². The SMILES string of the molecule is CC(N=[N+]=[N-])=C(c1ccccc1)c1ccccc1. The van der Waals surface area contributed by atoms with Crippen molar-refractivity contribution in [3.05, 3.63) is 87.9 Å². The summed E-state index contributed by atoms with van der Waals surface area (Å²) >= 11 is 0. The molecule has 0 N–H and O–H groups in total. The van der Waals surface area contributed by atoms with Crippen LogP contribution in [0.1, 0.15) is 18.1 Å². The Morgan fingerprint density at radius 1 is 0.889 bits per heavy atom. The molecule has 3 nitrogen and oxygen atoms in total. The molecule has 2 aromatic rings. The monoisotopic (exact) mass is 235 g/mol. The Morgan fingerprint density at radius 3 is 1.72 bits per heavy atom. The van der Waals surface area contributed by atoms with Crippen molar-refractivity contribution >= 4 is 5.57 Å². The topological polar surface area (TPSA) is 48.8 Å². The van der Waals surface area contributed by atoms with Gasteiger partial charge in [-0.25, -0.2) is 0 Å². The van der Waals surface area contributed by atoms with Gasteiger partial charge in [0, 0.05) is 10.6 Å². The smallest absolute Gasteiger partial charge is 0.0204 e. The largest absolute Gasteiger partial charge is 0.0647 e. The van der Waals surface area contributed by atoms with E-state index in [4.69, 9.17) is 5.53 Å². The molecule has 0 atom stereocenters. The molecule has 0 spiro atoms. The summed E-state index contributed by atoms with van der Waals surface area (Å²) in [6.45, 7) is 1.83. The highest BCUT2D eigenvalue weighted by Crippen LogP contribution is 2.27. The van der Waals surface area contributed by atoms with Crippen molar-refractivity contribution in [2.75, 3.05) is 0 Å². The zero-order valence-electron chi connectivity index (χ0n) is 10.1. The van der Waals surface area contributed by atoms with Crippen molar-refractivity contribution in [1.29, 1.82) is 0 Å². The van der Waals surface area contributed by atoms with Gasteiger partial charge in [0.05, 0.1) is 0 Å². The van der Waals surface area contributed by atoms with Crippen LogP contribution in [0.15, 0.2) is 71.5 Å². The van der Waals surface area contributed by atoms with Crippen molar-refractivity contribution in [2.45, 2.75) is 6.92 Å². The first-order chi connectivity index (χ1) is 8.83. The molecule has 0 aliphatic heterocycles. The van der Waals surface area contributed by atoms with Gasteiger partial charge in [0.25, 0.3) is 0 Å². The first-order valence-electron chi connectivity index (χ1n) is 5.69. The average Bonchev–Trinajstić information content (AvgIpc) is 2.42. The lowest BCUT2D eigenvalue weighted by atomic mass is 9.96. The summed E-state index contributed by atoms with van der Waals surface area (Å²) in [4.78, 5) is 2.87. The van der Waals surface area contributed by atoms with Gasteiger partial charge in [-0.3, -0.25) is 0 Å². The summed E-state index contributed by atoms with van der Waals surface area (Å²) in [5.41, 5.74) is 12.3. The van der Waals surface area contributed by atoms with Crippen molar-refractivity contribution in [3.8, 4) is 0 Å². The van der Waals surface area contributed by atoms with Crippen LogP contribution in [0.25, 0.3) is 16.0 Å². The van der Waals surface area contributed by atoms with E-state index in [1.54, 1.807) is 0 Å². The molecule has 0 saturated heterocycles. The maximum Gasteiger partial charge on any atom is 0.0204 e. The molecule has 18 heavy (non-hydrogen) atoms. The van der Waals surface area contributed by atoms with Gasteiger partial charge in [0.15, 0.2) is 0 Å². The molecule has 0 aliphatic rings. The van der Waals surface area contributed by atoms with Crippen molar-refractivity contribution in [3.63, 3.8) is 0 Å². The molecule has 2 aromatic carbocycles. The summed E-state index contributed by atoms with van der Waals surface area (Å²) in [5.74, 6) is 0. The van der Waals surface area contributed by atoms with Crippen LogP contribution in [-0.2, 0) is 0 Å². The van der Waals surface area contributed by atoms with Crippen molar-refractivity contribution in [1.82, 2.24) is 0 Å². The third-order valence-corrected chi connectivity index (χ3v) is 2.68. The summed E-state index contributed by atoms with van der Waals surface area (Å²) in [6.07, 6.45) is 0. The number of nitrogens with zero attached hydrogens (tertiary/aromatic N) is 3. The number of hydrogen-bond acceptors (Lipinski definition) is 1. The zero-order valence-corrected chi connectivity index (χ0v) is 10.1. The zero-order chi connectivity index (χ0) is 12.8. The van der Waals surface area contributed by atoms with Gasteiger partial charge >= 0.3 is 0 Å². The number of allylic oxidation sites excluding steroid dienone is 1. The number of benzene rings is 2. The fourth-order valence-corrected chi connectivity index (χ4v) is 1.91. The van der Waals surface area contributed by atoms with Crippen LogP contribution in [0, 0.1) is 0 Å². The van der Waals surface area contributed by atoms with E-state index in [0.717, 1.165) is 16.7 Å². The highest BCUT2D eigenvalue weighted by atomic mass is 15.1. The van der Waals surface area contributed by atoms with Crippen molar-refractivity contribution < 1.29 is 0 Å². The Hall–Kier alpha value is -2.51. The van der Waals surface area contributed by atoms with Crippen LogP contribution >= 0.6 is 0 Å². The Balaban J connectivity index is 2.63. The lowest BCUT2D eigenvalue weighted by molar-refractivity contribution is 1.27. The second-order valence-corrected chi connectivity index (χ2v) is 3.88. The molecule has 0 fully saturated rings. The van der Waals surface area contributed by atoms with E-state index in [1.807, 2.05) is 67.6 Å². The third-order valence-electron chi connectivity index (χ3n) is 2.68. The Kier molecular flexibility index (Phi) is 3.79. The molecule has 2 rings (SSSR count). The summed E-state index contributed by atoms with van der Waals surface area (Å²) < 4.78 is 0. The molecule has 0 aromatic heterocycles. The van der Waals surface area contributed by atoms with Gasteiger partial charge in [-0.15, -0.1) is 0 Å². The maximum absolute atomic E-state index is 8.60. The summed E-state index contributed by atoms with van der Waals surface area (Å²) in [6, 6.07) is 19.9. The number of rotatable bonds is 3. The molecule has 0 bridgehead atoms. The van der Waals surface area contributed by atoms with Gasteiger partial charge < -0.3 is 0 Å². The van der Waals surface area contributed by atoms with E-state index >= 15 is 0 Å². The minimum absolute atomic E-state index is 0.676. The lowest BCUT2D eigenvalue weighted by Crippen LogP contribution is -1.90. The molecular formula is C15H13N3. The van der Waals surface area contributed by atoms with Gasteiger partial charge in [-0.2, -0.15) is 0 Å². The Labute approximate surface area is 106 Å². The molecule has 0 radical (unpaired) electrons. The Bertz CT molecular complexity index is 553. The standard InChI is InChI=1S/C15H13N3/c1-12(17-18-16)15(13-8-4-2-5-9-13)14-10-6-3-7-11-14/h2-11H,1H3. The normalized spacial score (nSPS) is 9.39. The number of hydrogen-bond donors (Lipinski definition) is 0. The van der Waals surface area contributed by atoms with Crippen LogP contribution in [0.3, 0.4) is 0 Å². The fraction of sp³-hybridized carbons (Fsp3) is 0.0667. The van der Waals surface area contributed by atoms with E-state index < -0.39 is 0 Å². The molecule has 3 heteroatoms. The first kappa shape index (κ1) is 12.0. The highest BCUT2D eigenvalue weighted by Gasteiger charge is 2.07. The fourth-order valence-electron chi connectivity index (χ4n) is 1.91. The van der Waals surface area contributed by atoms with Gasteiger partial charge in [0.2, 0.25) is 0 Å². The summed E-state index contributed by atoms with van der Waals surface area (Å²) in [7, 11) is 0. The minimum Gasteiger partial charge on any atom is -0.0647 e. The van der Waals surface area contributed by atoms with Gasteiger partial charge in [-0.1, -0.05) is 65.8 Å². The molecule has 0 heterocycles. The second kappa shape index (κ2) is 5.71. The second-order valence-electron chi connectivity index (χ2n) is 3.88. The van der Waals surface area contributed by atoms with Crippen LogP contribution < -0.4 is 0 Å². The van der Waals surface area contributed by atoms with E-state index in [-0.39, 0.29) is 0 Å². The van der Waals surface area contributed by atoms with Gasteiger partial charge in [0.1, 0.15) is 0 Å². The average molecular weight is 235 g/mol. The van der Waals surface area contributed by atoms with Crippen molar-refractivity contribution in [2.24, 2.45) is 5.11 Å². The Morgan fingerprint density at radius 2 is 1.33 bits per heavy atom. The molecule has 0 aliphatic carbocycles. The van der Waals surface area contributed by atoms with Crippen LogP contribution in [0.4, 0.5) is 0 Å². The molecule has 88 valence electrons. The predicted octanol–water partition coefficient (Wildman–Crippen LogP) is 4.78. The quantitative estimate of drug-likeness (QED) is 0.418. The van der Waals surface area contributed by atoms with E-state index in [1.165, 1.54) is 0 Å². The first-order valence-corrected chi connectivity index (χ1v) is 5.69. The van der Waals surface area contributed by atoms with Crippen LogP contribution in [0.2, 0.25) is 0 Å². The third kappa shape index (κ3) is 2.59. The molecular weight excluding hydrogens is 222 g/mol. The van der Waals surface area contributed by atoms with Crippen LogP contribution in [-0.4, -0.2) is 0 Å². The van der Waals surface area contributed by atoms with Gasteiger partial charge in [-0.05, 0) is 29.2 Å².